The number of allylic oxidation sites excluding steroid dienone is 5. The predicted molar refractivity (Wildman–Crippen MR) is 286 cm³/mol. The summed E-state index contributed by atoms with van der Waals surface area (Å²) in [6.07, 6.45) is 15.6. The average molecular weight is 1090 g/mol. The summed E-state index contributed by atoms with van der Waals surface area (Å²) in [7, 11) is 0. The van der Waals surface area contributed by atoms with Gasteiger partial charge in [-0.3, -0.25) is 4.79 Å². The van der Waals surface area contributed by atoms with Crippen LogP contribution in [0.3, 0.4) is 0 Å². The van der Waals surface area contributed by atoms with Crippen LogP contribution in [0.1, 0.15) is 187 Å². The van der Waals surface area contributed by atoms with Crippen molar-refractivity contribution < 1.29 is 89.4 Å². The van der Waals surface area contributed by atoms with Crippen molar-refractivity contribution in [3.8, 4) is 0 Å². The molecule has 0 aromatic carbocycles. The minimum atomic E-state index is -1.98. The van der Waals surface area contributed by atoms with Crippen molar-refractivity contribution in [3.63, 3.8) is 0 Å². The Labute approximate surface area is 453 Å². The maximum Gasteiger partial charge on any atom is 0.220 e. The summed E-state index contributed by atoms with van der Waals surface area (Å²) >= 11 is 0. The molecule has 3 fully saturated rings. The topological polar surface area (TPSA) is 307 Å². The highest BCUT2D eigenvalue weighted by atomic mass is 16.8. The maximum absolute atomic E-state index is 13.3. The number of carbonyl (C=O) groups excluding carboxylic acids is 1. The highest BCUT2D eigenvalue weighted by Crippen LogP contribution is 2.33. The molecule has 19 nitrogen and oxygen atoms in total. The van der Waals surface area contributed by atoms with Crippen LogP contribution in [0, 0.1) is 0 Å². The van der Waals surface area contributed by atoms with Gasteiger partial charge in [0.05, 0.1) is 38.6 Å². The van der Waals surface area contributed by atoms with Crippen molar-refractivity contribution in [3.05, 3.63) is 36.5 Å². The third-order valence-corrected chi connectivity index (χ3v) is 14.7. The van der Waals surface area contributed by atoms with E-state index >= 15 is 0 Å². The standard InChI is InChI=1S/C57H103NO18/c1-3-5-7-9-11-13-15-17-19-20-21-22-24-26-28-30-32-34-41(62)40(58-45(63)35-33-31-29-27-25-23-18-16-14-12-10-8-6-4-2)39-71-55-51(69)48(66)53(43(37-60)73-55)76-57-52(70)49(67)54(44(38-61)74-57)75-56-50(68)47(65)46(64)42(36-59)72-56/h19-20,24,26,32,34,40-44,46-57,59-62,64-70H,3-18,21-23,25,27-31,33,35-39H2,1-2H3,(H,58,63)/b20-19+,26-24+,34-32+. The van der Waals surface area contributed by atoms with Gasteiger partial charge < -0.3 is 89.9 Å². The molecule has 3 heterocycles. The molecule has 17 atom stereocenters. The molecule has 3 saturated heterocycles. The van der Waals surface area contributed by atoms with E-state index in [1.807, 2.05) is 6.08 Å². The van der Waals surface area contributed by atoms with Crippen LogP contribution in [-0.2, 0) is 33.2 Å². The molecule has 12 N–H and O–H groups in total. The molecule has 0 bridgehead atoms. The molecule has 3 aliphatic heterocycles. The number of rotatable bonds is 42. The van der Waals surface area contributed by atoms with Crippen molar-refractivity contribution in [2.24, 2.45) is 0 Å². The van der Waals surface area contributed by atoms with E-state index in [9.17, 15) is 61.0 Å². The maximum atomic E-state index is 13.3. The first kappa shape index (κ1) is 68.3. The summed E-state index contributed by atoms with van der Waals surface area (Å²) in [6.45, 7) is 1.67. The van der Waals surface area contributed by atoms with Gasteiger partial charge in [0.25, 0.3) is 0 Å². The van der Waals surface area contributed by atoms with Gasteiger partial charge in [-0.2, -0.15) is 0 Å². The van der Waals surface area contributed by atoms with E-state index in [0.717, 1.165) is 44.9 Å². The van der Waals surface area contributed by atoms with Crippen molar-refractivity contribution in [2.75, 3.05) is 26.4 Å². The fourth-order valence-electron chi connectivity index (χ4n) is 9.81. The van der Waals surface area contributed by atoms with Gasteiger partial charge >= 0.3 is 0 Å². The van der Waals surface area contributed by atoms with Crippen LogP contribution in [0.2, 0.25) is 0 Å². The third kappa shape index (κ3) is 25.2. The zero-order valence-corrected chi connectivity index (χ0v) is 46.0. The molecule has 3 aliphatic rings. The van der Waals surface area contributed by atoms with Crippen LogP contribution in [0.5, 0.6) is 0 Å². The van der Waals surface area contributed by atoms with Crippen LogP contribution in [0.15, 0.2) is 36.5 Å². The Morgan fingerprint density at radius 1 is 0.461 bits per heavy atom. The second-order valence-electron chi connectivity index (χ2n) is 21.1. The lowest BCUT2D eigenvalue weighted by molar-refractivity contribution is -0.379. The number of carbonyl (C=O) groups is 1. The van der Waals surface area contributed by atoms with Gasteiger partial charge in [0.1, 0.15) is 73.2 Å². The zero-order valence-electron chi connectivity index (χ0n) is 46.0. The quantitative estimate of drug-likeness (QED) is 0.0295. The molecular formula is C57H103NO18. The molecule has 0 radical (unpaired) electrons. The number of hydrogen-bond acceptors (Lipinski definition) is 18. The average Bonchev–Trinajstić information content (AvgIpc) is 3.41. The number of aliphatic hydroxyl groups excluding tert-OH is 11. The second kappa shape index (κ2) is 41.1. The molecule has 0 aliphatic carbocycles. The summed E-state index contributed by atoms with van der Waals surface area (Å²) in [5, 5.41) is 120. The highest BCUT2D eigenvalue weighted by Gasteiger charge is 2.53. The van der Waals surface area contributed by atoms with E-state index in [2.05, 4.69) is 43.5 Å². The number of nitrogens with one attached hydrogen (secondary N) is 1. The lowest BCUT2D eigenvalue weighted by atomic mass is 9.96. The van der Waals surface area contributed by atoms with Gasteiger partial charge in [0.2, 0.25) is 5.91 Å². The SMILES string of the molecule is CCCCCCCCC/C=C/CC/C=C/CC/C=C/C(O)C(COC1OC(CO)C(OC2OC(CO)C(OC3OC(CO)C(O)C(O)C3O)C(O)C2O)C(O)C1O)NC(=O)CCCCCCCCCCCCCCCC. The van der Waals surface area contributed by atoms with Gasteiger partial charge in [0.15, 0.2) is 18.9 Å². The summed E-state index contributed by atoms with van der Waals surface area (Å²) in [5.41, 5.74) is 0. The van der Waals surface area contributed by atoms with Gasteiger partial charge in [-0.1, -0.05) is 172 Å². The van der Waals surface area contributed by atoms with Crippen LogP contribution in [-0.4, -0.2) is 193 Å². The van der Waals surface area contributed by atoms with Crippen molar-refractivity contribution >= 4 is 5.91 Å². The first-order valence-electron chi connectivity index (χ1n) is 29.2. The van der Waals surface area contributed by atoms with Gasteiger partial charge in [-0.25, -0.2) is 0 Å². The third-order valence-electron chi connectivity index (χ3n) is 14.7. The summed E-state index contributed by atoms with van der Waals surface area (Å²) in [4.78, 5) is 13.3. The van der Waals surface area contributed by atoms with Crippen molar-refractivity contribution in [1.82, 2.24) is 5.32 Å². The van der Waals surface area contributed by atoms with Crippen molar-refractivity contribution in [1.29, 1.82) is 0 Å². The summed E-state index contributed by atoms with van der Waals surface area (Å²) in [5.74, 6) is -0.290. The molecule has 17 unspecified atom stereocenters. The fourth-order valence-corrected chi connectivity index (χ4v) is 9.81. The highest BCUT2D eigenvalue weighted by molar-refractivity contribution is 5.76. The molecule has 76 heavy (non-hydrogen) atoms. The number of ether oxygens (including phenoxy) is 6. The number of amides is 1. The summed E-state index contributed by atoms with van der Waals surface area (Å²) < 4.78 is 34.2. The molecule has 0 spiro atoms. The van der Waals surface area contributed by atoms with Crippen LogP contribution >= 0.6 is 0 Å². The Kier molecular flexibility index (Phi) is 36.9. The lowest BCUT2D eigenvalue weighted by Crippen LogP contribution is -2.66. The smallest absolute Gasteiger partial charge is 0.220 e. The normalized spacial score (nSPS) is 31.2. The van der Waals surface area contributed by atoms with E-state index in [1.54, 1.807) is 6.08 Å². The first-order chi connectivity index (χ1) is 36.8. The van der Waals surface area contributed by atoms with Crippen LogP contribution < -0.4 is 5.32 Å². The van der Waals surface area contributed by atoms with E-state index in [1.165, 1.54) is 109 Å². The molecule has 0 aromatic heterocycles. The second-order valence-corrected chi connectivity index (χ2v) is 21.1. The molecule has 3 rings (SSSR count). The molecule has 444 valence electrons. The monoisotopic (exact) mass is 1090 g/mol. The predicted octanol–water partition coefficient (Wildman–Crippen LogP) is 4.54. The van der Waals surface area contributed by atoms with Gasteiger partial charge in [0, 0.05) is 6.42 Å². The van der Waals surface area contributed by atoms with Gasteiger partial charge in [-0.05, 0) is 44.9 Å². The van der Waals surface area contributed by atoms with E-state index < -0.39 is 124 Å². The van der Waals surface area contributed by atoms with Crippen LogP contribution in [0.4, 0.5) is 0 Å². The Hall–Kier alpha value is -1.99. The molecular weight excluding hydrogens is 987 g/mol. The minimum absolute atomic E-state index is 0.235. The van der Waals surface area contributed by atoms with Crippen molar-refractivity contribution in [2.45, 2.75) is 291 Å². The zero-order chi connectivity index (χ0) is 55.5. The largest absolute Gasteiger partial charge is 0.394 e. The number of aliphatic hydroxyl groups is 11. The fraction of sp³-hybridized carbons (Fsp3) is 0.877. The first-order valence-corrected chi connectivity index (χ1v) is 29.2. The van der Waals surface area contributed by atoms with Gasteiger partial charge in [-0.15, -0.1) is 0 Å². The molecule has 0 aromatic rings. The summed E-state index contributed by atoms with van der Waals surface area (Å²) in [6, 6.07) is -0.992. The number of unbranched alkanes of at least 4 members (excludes halogenated alkanes) is 22. The lowest BCUT2D eigenvalue weighted by Gasteiger charge is -2.48. The Morgan fingerprint density at radius 2 is 0.842 bits per heavy atom. The van der Waals surface area contributed by atoms with Crippen LogP contribution in [0.25, 0.3) is 0 Å². The Morgan fingerprint density at radius 3 is 1.32 bits per heavy atom. The van der Waals surface area contributed by atoms with E-state index in [0.29, 0.717) is 12.8 Å². The van der Waals surface area contributed by atoms with E-state index in [-0.39, 0.29) is 18.9 Å². The van der Waals surface area contributed by atoms with E-state index in [4.69, 9.17) is 28.4 Å². The molecule has 19 heteroatoms. The Balaban J connectivity index is 1.54. The Bertz CT molecular complexity index is 1540. The minimum Gasteiger partial charge on any atom is -0.394 e. The molecule has 1 amide bonds. The molecule has 0 saturated carbocycles. The number of hydrogen-bond donors (Lipinski definition) is 12.